The maximum Gasteiger partial charge on any atom is 0.243 e. The molecule has 26 heavy (non-hydrogen) atoms. The van der Waals surface area contributed by atoms with Crippen LogP contribution in [0.3, 0.4) is 0 Å². The predicted octanol–water partition coefficient (Wildman–Crippen LogP) is 4.53. The van der Waals surface area contributed by atoms with E-state index in [0.717, 1.165) is 17.7 Å². The van der Waals surface area contributed by atoms with Gasteiger partial charge in [0.15, 0.2) is 0 Å². The highest BCUT2D eigenvalue weighted by molar-refractivity contribution is 7.89. The van der Waals surface area contributed by atoms with E-state index in [9.17, 15) is 17.2 Å². The van der Waals surface area contributed by atoms with Crippen LogP contribution in [0.25, 0.3) is 10.6 Å². The third-order valence-electron chi connectivity index (χ3n) is 3.60. The summed E-state index contributed by atoms with van der Waals surface area (Å²) in [6.45, 7) is 1.69. The van der Waals surface area contributed by atoms with Crippen LogP contribution in [-0.4, -0.2) is 13.4 Å². The Hall–Kier alpha value is -1.87. The van der Waals surface area contributed by atoms with Gasteiger partial charge in [0.05, 0.1) is 10.7 Å². The Morgan fingerprint density at radius 1 is 1.19 bits per heavy atom. The van der Waals surface area contributed by atoms with Crippen molar-refractivity contribution in [1.29, 1.82) is 0 Å². The highest BCUT2D eigenvalue weighted by Crippen LogP contribution is 2.32. The van der Waals surface area contributed by atoms with Crippen molar-refractivity contribution in [2.45, 2.75) is 18.4 Å². The monoisotopic (exact) mass is 414 g/mol. The summed E-state index contributed by atoms with van der Waals surface area (Å²) in [7, 11) is -4.13. The van der Waals surface area contributed by atoms with Crippen LogP contribution in [0.1, 0.15) is 10.6 Å². The van der Waals surface area contributed by atoms with Crippen molar-refractivity contribution in [1.82, 2.24) is 9.71 Å². The lowest BCUT2D eigenvalue weighted by Gasteiger charge is -2.07. The van der Waals surface area contributed by atoms with Crippen molar-refractivity contribution < 1.29 is 17.2 Å². The number of hydrogen-bond donors (Lipinski definition) is 1. The second kappa shape index (κ2) is 7.40. The Morgan fingerprint density at radius 2 is 1.92 bits per heavy atom. The Morgan fingerprint density at radius 3 is 2.62 bits per heavy atom. The minimum absolute atomic E-state index is 0.0624. The first-order valence-corrected chi connectivity index (χ1v) is 10.1. The normalized spacial score (nSPS) is 11.7. The van der Waals surface area contributed by atoms with E-state index in [1.54, 1.807) is 19.1 Å². The zero-order valence-corrected chi connectivity index (χ0v) is 15.9. The quantitative estimate of drug-likeness (QED) is 0.667. The van der Waals surface area contributed by atoms with E-state index in [1.165, 1.54) is 11.3 Å². The molecular formula is C17H13ClF2N2O2S2. The zero-order chi connectivity index (χ0) is 18.9. The fourth-order valence-electron chi connectivity index (χ4n) is 2.27. The number of hydrogen-bond acceptors (Lipinski definition) is 4. The molecule has 0 radical (unpaired) electrons. The van der Waals surface area contributed by atoms with Gasteiger partial charge in [-0.15, -0.1) is 11.3 Å². The van der Waals surface area contributed by atoms with E-state index in [4.69, 9.17) is 11.6 Å². The lowest BCUT2D eigenvalue weighted by atomic mass is 10.2. The molecule has 0 saturated heterocycles. The van der Waals surface area contributed by atoms with Gasteiger partial charge in [-0.25, -0.2) is 26.9 Å². The molecule has 0 amide bonds. The summed E-state index contributed by atoms with van der Waals surface area (Å²) in [5, 5.41) is 1.21. The zero-order valence-electron chi connectivity index (χ0n) is 13.5. The van der Waals surface area contributed by atoms with Crippen molar-refractivity contribution >= 4 is 33.0 Å². The number of benzene rings is 2. The summed E-state index contributed by atoms with van der Waals surface area (Å²) < 4.78 is 53.6. The molecule has 1 N–H and O–H groups in total. The van der Waals surface area contributed by atoms with Gasteiger partial charge in [0.1, 0.15) is 21.5 Å². The van der Waals surface area contributed by atoms with Crippen molar-refractivity contribution in [2.24, 2.45) is 0 Å². The molecule has 0 spiro atoms. The molecule has 1 heterocycles. The average Bonchev–Trinajstić information content (AvgIpc) is 2.94. The van der Waals surface area contributed by atoms with Crippen LogP contribution in [0.4, 0.5) is 8.78 Å². The van der Waals surface area contributed by atoms with E-state index in [-0.39, 0.29) is 6.54 Å². The number of rotatable bonds is 5. The maximum atomic E-state index is 13.7. The standard InChI is InChI=1S/C17H13ClF2N2O2S2/c1-10-15(25-17(22-10)12-4-2-3-5-13(12)18)9-21-26(23,24)16-7-6-11(19)8-14(16)20/h2-8,21H,9H2,1H3. The van der Waals surface area contributed by atoms with Gasteiger partial charge < -0.3 is 0 Å². The fraction of sp³-hybridized carbons (Fsp3) is 0.118. The number of aryl methyl sites for hydroxylation is 1. The highest BCUT2D eigenvalue weighted by Gasteiger charge is 2.20. The Bertz CT molecular complexity index is 1070. The van der Waals surface area contributed by atoms with E-state index in [1.807, 2.05) is 12.1 Å². The maximum absolute atomic E-state index is 13.7. The molecule has 136 valence electrons. The number of sulfonamides is 1. The number of nitrogens with zero attached hydrogens (tertiary/aromatic N) is 1. The minimum Gasteiger partial charge on any atom is -0.241 e. The van der Waals surface area contributed by atoms with Gasteiger partial charge in [-0.05, 0) is 25.1 Å². The molecule has 0 saturated carbocycles. The molecule has 3 aromatic rings. The molecule has 0 bridgehead atoms. The third-order valence-corrected chi connectivity index (χ3v) is 6.56. The molecule has 3 rings (SSSR count). The molecule has 4 nitrogen and oxygen atoms in total. The van der Waals surface area contributed by atoms with Crippen LogP contribution in [0.2, 0.25) is 5.02 Å². The molecule has 0 unspecified atom stereocenters. The summed E-state index contributed by atoms with van der Waals surface area (Å²) in [5.74, 6) is -1.99. The molecular weight excluding hydrogens is 402 g/mol. The van der Waals surface area contributed by atoms with Crippen molar-refractivity contribution in [3.63, 3.8) is 0 Å². The van der Waals surface area contributed by atoms with Crippen molar-refractivity contribution in [2.75, 3.05) is 0 Å². The van der Waals surface area contributed by atoms with Gasteiger partial charge in [-0.3, -0.25) is 0 Å². The molecule has 0 aliphatic rings. The first-order valence-electron chi connectivity index (χ1n) is 7.44. The highest BCUT2D eigenvalue weighted by atomic mass is 35.5. The van der Waals surface area contributed by atoms with Crippen LogP contribution >= 0.6 is 22.9 Å². The Kier molecular flexibility index (Phi) is 5.38. The summed E-state index contributed by atoms with van der Waals surface area (Å²) in [4.78, 5) is 4.49. The molecule has 9 heteroatoms. The lowest BCUT2D eigenvalue weighted by molar-refractivity contribution is 0.543. The summed E-state index contributed by atoms with van der Waals surface area (Å²) >= 11 is 7.46. The Labute approximate surface area is 158 Å². The lowest BCUT2D eigenvalue weighted by Crippen LogP contribution is -2.24. The molecule has 0 aliphatic carbocycles. The van der Waals surface area contributed by atoms with Crippen LogP contribution in [0.5, 0.6) is 0 Å². The number of nitrogens with one attached hydrogen (secondary N) is 1. The average molecular weight is 415 g/mol. The largest absolute Gasteiger partial charge is 0.243 e. The van der Waals surface area contributed by atoms with Crippen molar-refractivity contribution in [3.05, 3.63) is 69.7 Å². The van der Waals surface area contributed by atoms with E-state index < -0.39 is 26.6 Å². The minimum atomic E-state index is -4.13. The second-order valence-electron chi connectivity index (χ2n) is 5.41. The van der Waals surface area contributed by atoms with Crippen molar-refractivity contribution in [3.8, 4) is 10.6 Å². The molecule has 1 aromatic heterocycles. The van der Waals surface area contributed by atoms with Crippen LogP contribution in [-0.2, 0) is 16.6 Å². The topological polar surface area (TPSA) is 59.1 Å². The van der Waals surface area contributed by atoms with Gasteiger partial charge in [0, 0.05) is 23.1 Å². The summed E-state index contributed by atoms with van der Waals surface area (Å²) in [6.07, 6.45) is 0. The number of thiazole rings is 1. The number of aromatic nitrogens is 1. The molecule has 0 fully saturated rings. The van der Waals surface area contributed by atoms with E-state index in [0.29, 0.717) is 26.7 Å². The van der Waals surface area contributed by atoms with Crippen LogP contribution < -0.4 is 4.72 Å². The number of halogens is 3. The fourth-order valence-corrected chi connectivity index (χ4v) is 4.74. The van der Waals surface area contributed by atoms with Crippen LogP contribution in [0, 0.1) is 18.6 Å². The van der Waals surface area contributed by atoms with Crippen LogP contribution in [0.15, 0.2) is 47.4 Å². The van der Waals surface area contributed by atoms with Gasteiger partial charge in [0.25, 0.3) is 0 Å². The van der Waals surface area contributed by atoms with Gasteiger partial charge in [-0.1, -0.05) is 29.8 Å². The molecule has 0 atom stereocenters. The summed E-state index contributed by atoms with van der Waals surface area (Å²) in [6, 6.07) is 9.51. The smallest absolute Gasteiger partial charge is 0.241 e. The first kappa shape index (κ1) is 18.9. The molecule has 2 aromatic carbocycles. The first-order chi connectivity index (χ1) is 12.3. The van der Waals surface area contributed by atoms with Gasteiger partial charge in [0.2, 0.25) is 10.0 Å². The SMILES string of the molecule is Cc1nc(-c2ccccc2Cl)sc1CNS(=O)(=O)c1ccc(F)cc1F. The predicted molar refractivity (Wildman–Crippen MR) is 97.7 cm³/mol. The van der Waals surface area contributed by atoms with Gasteiger partial charge in [-0.2, -0.15) is 0 Å². The third kappa shape index (κ3) is 3.93. The van der Waals surface area contributed by atoms with E-state index >= 15 is 0 Å². The van der Waals surface area contributed by atoms with E-state index in [2.05, 4.69) is 9.71 Å². The van der Waals surface area contributed by atoms with Gasteiger partial charge >= 0.3 is 0 Å². The second-order valence-corrected chi connectivity index (χ2v) is 8.63. The Balaban J connectivity index is 1.83. The summed E-state index contributed by atoms with van der Waals surface area (Å²) in [5.41, 5.74) is 1.40. The molecule has 0 aliphatic heterocycles.